The van der Waals surface area contributed by atoms with Gasteiger partial charge in [0.05, 0.1) is 36.6 Å². The van der Waals surface area contributed by atoms with Crippen LogP contribution >= 0.6 is 23.5 Å². The maximum atomic E-state index is 12.4. The van der Waals surface area contributed by atoms with Gasteiger partial charge in [-0.2, -0.15) is 0 Å². The quantitative estimate of drug-likeness (QED) is 0.437. The molecule has 0 fully saturated rings. The summed E-state index contributed by atoms with van der Waals surface area (Å²) >= 11 is 2.77. The van der Waals surface area contributed by atoms with Crippen LogP contribution in [0.15, 0.2) is 14.8 Å². The third-order valence-corrected chi connectivity index (χ3v) is 4.87. The van der Waals surface area contributed by atoms with Gasteiger partial charge in [-0.3, -0.25) is 14.2 Å². The van der Waals surface area contributed by atoms with Crippen LogP contribution in [0.5, 0.6) is 0 Å². The highest BCUT2D eigenvalue weighted by atomic mass is 32.2. The van der Waals surface area contributed by atoms with Gasteiger partial charge in [-0.15, -0.1) is 11.8 Å². The van der Waals surface area contributed by atoms with Crippen molar-refractivity contribution in [2.45, 2.75) is 23.0 Å². The van der Waals surface area contributed by atoms with Crippen molar-refractivity contribution in [1.82, 2.24) is 9.55 Å². The first-order valence-electron chi connectivity index (χ1n) is 6.12. The van der Waals surface area contributed by atoms with Gasteiger partial charge in [0.15, 0.2) is 5.16 Å². The number of ether oxygens (including phenoxy) is 2. The second-order valence-corrected chi connectivity index (χ2v) is 6.13. The van der Waals surface area contributed by atoms with E-state index in [1.807, 2.05) is 0 Å². The van der Waals surface area contributed by atoms with Gasteiger partial charge in [-0.05, 0) is 0 Å². The van der Waals surface area contributed by atoms with Gasteiger partial charge in [-0.1, -0.05) is 11.8 Å². The largest absolute Gasteiger partial charge is 0.468 e. The molecule has 0 saturated carbocycles. The molecule has 20 heavy (non-hydrogen) atoms. The Morgan fingerprint density at radius 2 is 2.30 bits per heavy atom. The monoisotopic (exact) mass is 316 g/mol. The predicted octanol–water partition coefficient (Wildman–Crippen LogP) is 0.803. The van der Waals surface area contributed by atoms with Crippen molar-refractivity contribution in [1.29, 1.82) is 0 Å². The smallest absolute Gasteiger partial charge is 0.316 e. The molecule has 0 unspecified atom stereocenters. The lowest BCUT2D eigenvalue weighted by atomic mass is 10.3. The lowest BCUT2D eigenvalue weighted by molar-refractivity contribution is -0.137. The summed E-state index contributed by atoms with van der Waals surface area (Å²) in [6.07, 6.45) is 0.798. The van der Waals surface area contributed by atoms with Crippen molar-refractivity contribution >= 4 is 29.5 Å². The van der Waals surface area contributed by atoms with E-state index in [0.717, 1.165) is 22.8 Å². The number of hydrogen-bond acceptors (Lipinski definition) is 7. The van der Waals surface area contributed by atoms with Crippen LogP contribution in [-0.2, 0) is 27.2 Å². The Kier molecular flexibility index (Phi) is 5.50. The van der Waals surface area contributed by atoms with E-state index in [4.69, 9.17) is 4.74 Å². The Bertz CT molecular complexity index is 559. The molecular weight excluding hydrogens is 300 g/mol. The standard InChI is InChI=1S/C12H16N2O4S2/c1-17-5-4-14-11(16)10-8(3-6-19-10)13-12(14)20-7-9(15)18-2/h3-7H2,1-2H3. The third-order valence-electron chi connectivity index (χ3n) is 2.81. The summed E-state index contributed by atoms with van der Waals surface area (Å²) < 4.78 is 11.2. The van der Waals surface area contributed by atoms with Crippen molar-refractivity contribution in [3.8, 4) is 0 Å². The molecule has 110 valence electrons. The maximum absolute atomic E-state index is 12.4. The highest BCUT2D eigenvalue weighted by Gasteiger charge is 2.22. The summed E-state index contributed by atoms with van der Waals surface area (Å²) in [5.41, 5.74) is 0.794. The summed E-state index contributed by atoms with van der Waals surface area (Å²) in [7, 11) is 2.93. The molecule has 0 N–H and O–H groups in total. The first kappa shape index (κ1) is 15.4. The molecule has 0 aliphatic carbocycles. The number of aromatic nitrogens is 2. The number of thioether (sulfide) groups is 2. The van der Waals surface area contributed by atoms with E-state index in [2.05, 4.69) is 9.72 Å². The van der Waals surface area contributed by atoms with Gasteiger partial charge in [0.25, 0.3) is 5.56 Å². The van der Waals surface area contributed by atoms with E-state index < -0.39 is 0 Å². The maximum Gasteiger partial charge on any atom is 0.316 e. The molecule has 8 heteroatoms. The van der Waals surface area contributed by atoms with E-state index >= 15 is 0 Å². The van der Waals surface area contributed by atoms with Crippen LogP contribution in [0.3, 0.4) is 0 Å². The number of aryl methyl sites for hydroxylation is 1. The summed E-state index contributed by atoms with van der Waals surface area (Å²) in [6, 6.07) is 0. The highest BCUT2D eigenvalue weighted by molar-refractivity contribution is 8.00. The number of esters is 1. The molecule has 6 nitrogen and oxygen atoms in total. The molecule has 0 radical (unpaired) electrons. The lowest BCUT2D eigenvalue weighted by Crippen LogP contribution is -2.27. The number of carbonyl (C=O) groups is 1. The SMILES string of the molecule is COCCn1c(SCC(=O)OC)nc2c(c1=O)SCC2. The Balaban J connectivity index is 2.30. The molecule has 2 heterocycles. The fourth-order valence-corrected chi connectivity index (χ4v) is 3.71. The zero-order valence-corrected chi connectivity index (χ0v) is 13.0. The van der Waals surface area contributed by atoms with Crippen LogP contribution in [0.4, 0.5) is 0 Å². The van der Waals surface area contributed by atoms with Gasteiger partial charge < -0.3 is 9.47 Å². The normalized spacial score (nSPS) is 13.3. The van der Waals surface area contributed by atoms with Crippen LogP contribution in [0.25, 0.3) is 0 Å². The van der Waals surface area contributed by atoms with Gasteiger partial charge in [0.1, 0.15) is 0 Å². The molecule has 1 aromatic rings. The Morgan fingerprint density at radius 3 is 3.00 bits per heavy atom. The molecule has 1 aliphatic rings. The van der Waals surface area contributed by atoms with Crippen LogP contribution in [0, 0.1) is 0 Å². The molecule has 1 aromatic heterocycles. The molecule has 0 atom stereocenters. The van der Waals surface area contributed by atoms with E-state index in [9.17, 15) is 9.59 Å². The van der Waals surface area contributed by atoms with Crippen molar-refractivity contribution in [3.63, 3.8) is 0 Å². The van der Waals surface area contributed by atoms with Crippen molar-refractivity contribution < 1.29 is 14.3 Å². The first-order valence-corrected chi connectivity index (χ1v) is 8.09. The fourth-order valence-electron chi connectivity index (χ4n) is 1.80. The summed E-state index contributed by atoms with van der Waals surface area (Å²) in [4.78, 5) is 28.9. The number of fused-ring (bicyclic) bond motifs is 1. The predicted molar refractivity (Wildman–Crippen MR) is 77.5 cm³/mol. The van der Waals surface area contributed by atoms with Crippen LogP contribution in [-0.4, -0.2) is 47.9 Å². The number of hydrogen-bond donors (Lipinski definition) is 0. The van der Waals surface area contributed by atoms with Crippen molar-refractivity contribution in [2.75, 3.05) is 32.3 Å². The molecule has 1 aliphatic heterocycles. The van der Waals surface area contributed by atoms with Gasteiger partial charge >= 0.3 is 5.97 Å². The minimum atomic E-state index is -0.336. The number of rotatable bonds is 6. The van der Waals surface area contributed by atoms with Crippen LogP contribution in [0.2, 0.25) is 0 Å². The molecule has 0 spiro atoms. The minimum Gasteiger partial charge on any atom is -0.468 e. The van der Waals surface area contributed by atoms with E-state index in [1.54, 1.807) is 23.4 Å². The van der Waals surface area contributed by atoms with Gasteiger partial charge in [0, 0.05) is 19.3 Å². The number of nitrogens with zero attached hydrogens (tertiary/aromatic N) is 2. The highest BCUT2D eigenvalue weighted by Crippen LogP contribution is 2.28. The Morgan fingerprint density at radius 1 is 1.50 bits per heavy atom. The minimum absolute atomic E-state index is 0.0399. The molecule has 0 bridgehead atoms. The Labute approximate surface area is 125 Å². The van der Waals surface area contributed by atoms with Crippen molar-refractivity contribution in [3.05, 3.63) is 16.0 Å². The topological polar surface area (TPSA) is 70.4 Å². The lowest BCUT2D eigenvalue weighted by Gasteiger charge is -2.12. The molecule has 0 aromatic carbocycles. The molecule has 2 rings (SSSR count). The average molecular weight is 316 g/mol. The summed E-state index contributed by atoms with van der Waals surface area (Å²) in [5, 5.41) is 0.554. The zero-order valence-electron chi connectivity index (χ0n) is 11.4. The summed E-state index contributed by atoms with van der Waals surface area (Å²) in [5.74, 6) is 0.687. The second-order valence-electron chi connectivity index (χ2n) is 4.08. The van der Waals surface area contributed by atoms with Crippen LogP contribution < -0.4 is 5.56 Å². The average Bonchev–Trinajstić information content (AvgIpc) is 2.92. The van der Waals surface area contributed by atoms with Crippen molar-refractivity contribution in [2.24, 2.45) is 0 Å². The fraction of sp³-hybridized carbons (Fsp3) is 0.583. The first-order chi connectivity index (χ1) is 9.67. The Hall–Kier alpha value is -0.990. The number of methoxy groups -OCH3 is 2. The molecular formula is C12H16N2O4S2. The van der Waals surface area contributed by atoms with Gasteiger partial charge in [0.2, 0.25) is 0 Å². The molecule has 0 amide bonds. The zero-order chi connectivity index (χ0) is 14.5. The number of carbonyl (C=O) groups excluding carboxylic acids is 1. The van der Waals surface area contributed by atoms with E-state index in [0.29, 0.717) is 18.3 Å². The third kappa shape index (κ3) is 3.36. The molecule has 0 saturated heterocycles. The van der Waals surface area contributed by atoms with E-state index in [1.165, 1.54) is 18.9 Å². The van der Waals surface area contributed by atoms with E-state index in [-0.39, 0.29) is 17.3 Å². The summed E-state index contributed by atoms with van der Waals surface area (Å²) in [6.45, 7) is 0.858. The van der Waals surface area contributed by atoms with Gasteiger partial charge in [-0.25, -0.2) is 4.98 Å². The second kappa shape index (κ2) is 7.14. The van der Waals surface area contributed by atoms with Crippen LogP contribution in [0.1, 0.15) is 5.69 Å².